The Labute approximate surface area is 373 Å². The van der Waals surface area contributed by atoms with Crippen molar-refractivity contribution < 1.29 is 79.0 Å². The molecule has 0 aliphatic heterocycles. The molecule has 0 aliphatic carbocycles. The molecule has 0 heterocycles. The summed E-state index contributed by atoms with van der Waals surface area (Å²) in [6.45, 7) is 38.7. The van der Waals surface area contributed by atoms with Crippen molar-refractivity contribution in [3.8, 4) is 0 Å². The number of alkyl halides is 18. The molecule has 0 rings (SSSR count). The van der Waals surface area contributed by atoms with Crippen molar-refractivity contribution in [3.63, 3.8) is 0 Å². The van der Waals surface area contributed by atoms with Gasteiger partial charge in [-0.15, -0.1) is 0 Å². The lowest BCUT2D eigenvalue weighted by atomic mass is 10.0. The highest BCUT2D eigenvalue weighted by atomic mass is 19.4. The van der Waals surface area contributed by atoms with Crippen molar-refractivity contribution in [2.75, 3.05) is 0 Å². The minimum absolute atomic E-state index is 0.135. The quantitative estimate of drug-likeness (QED) is 0.202. The van der Waals surface area contributed by atoms with E-state index in [0.717, 1.165) is 25.7 Å². The van der Waals surface area contributed by atoms with E-state index in [1.165, 1.54) is 46.5 Å². The van der Waals surface area contributed by atoms with Crippen LogP contribution in [0.2, 0.25) is 0 Å². The average molecular weight is 975 g/mol. The van der Waals surface area contributed by atoms with Gasteiger partial charge in [-0.3, -0.25) is 0 Å². The second-order valence-corrected chi connectivity index (χ2v) is 15.9. The molecule has 0 saturated heterocycles. The number of rotatable bonds is 9. The van der Waals surface area contributed by atoms with E-state index in [4.69, 9.17) is 0 Å². The van der Waals surface area contributed by atoms with E-state index in [0.29, 0.717) is 12.8 Å². The van der Waals surface area contributed by atoms with Gasteiger partial charge < -0.3 is 0 Å². The molecule has 0 N–H and O–H groups in total. The highest BCUT2D eigenvalue weighted by Gasteiger charge is 2.55. The van der Waals surface area contributed by atoms with E-state index in [1.807, 2.05) is 13.8 Å². The van der Waals surface area contributed by atoms with Gasteiger partial charge >= 0.3 is 37.1 Å². The Morgan fingerprint density at radius 1 is 0.349 bits per heavy atom. The van der Waals surface area contributed by atoms with Crippen LogP contribution in [0.15, 0.2) is 0 Å². The molecule has 0 saturated carbocycles. The monoisotopic (exact) mass is 975 g/mol. The molecule has 0 radical (unpaired) electrons. The molecule has 0 amide bonds. The largest absolute Gasteiger partial charge is 0.400 e. The van der Waals surface area contributed by atoms with Crippen molar-refractivity contribution >= 4 is 0 Å². The zero-order valence-corrected chi connectivity index (χ0v) is 42.6. The molecule has 0 bridgehead atoms. The van der Waals surface area contributed by atoms with E-state index >= 15 is 0 Å². The van der Waals surface area contributed by atoms with Crippen LogP contribution in [-0.4, -0.2) is 37.1 Å². The van der Waals surface area contributed by atoms with Crippen molar-refractivity contribution in [2.24, 2.45) is 41.4 Å². The summed E-state index contributed by atoms with van der Waals surface area (Å²) in [5.41, 5.74) is 0. The minimum atomic E-state index is -5.17. The highest BCUT2D eigenvalue weighted by Crippen LogP contribution is 2.41. The summed E-state index contributed by atoms with van der Waals surface area (Å²) in [5, 5.41) is 0. The van der Waals surface area contributed by atoms with Gasteiger partial charge in [0.15, 0.2) is 5.92 Å². The van der Waals surface area contributed by atoms with Gasteiger partial charge in [0, 0.05) is 18.8 Å². The Balaban J connectivity index is -0.0000000640. The third-order valence-electron chi connectivity index (χ3n) is 7.06. The summed E-state index contributed by atoms with van der Waals surface area (Å²) in [5.74, 6) is -4.27. The van der Waals surface area contributed by atoms with Crippen LogP contribution in [0.25, 0.3) is 0 Å². The predicted molar refractivity (Wildman–Crippen MR) is 231 cm³/mol. The molecular weight excluding hydrogens is 882 g/mol. The van der Waals surface area contributed by atoms with Gasteiger partial charge in [-0.05, 0) is 36.5 Å². The van der Waals surface area contributed by atoms with E-state index in [2.05, 4.69) is 69.2 Å². The fourth-order valence-electron chi connectivity index (χ4n) is 2.11. The van der Waals surface area contributed by atoms with Crippen LogP contribution in [0.5, 0.6) is 0 Å². The SMILES string of the molecule is CC.CC(C)C.CC(C)C(F)(F)F.CCC.CCC(C)C.CCC(C)C(F)(F)F.CCCC.CCCC(C(F)(F)F)C(F)(F)F.CC[C@H](C)CC(F)(F)F.CC[C@H](C)CC(F)(F)F. The van der Waals surface area contributed by atoms with Crippen molar-refractivity contribution in [1.29, 1.82) is 0 Å². The summed E-state index contributed by atoms with van der Waals surface area (Å²) >= 11 is 0. The summed E-state index contributed by atoms with van der Waals surface area (Å²) < 4.78 is 207. The molecule has 0 aromatic heterocycles. The summed E-state index contributed by atoms with van der Waals surface area (Å²) in [6, 6.07) is 0. The molecule has 398 valence electrons. The van der Waals surface area contributed by atoms with E-state index in [1.54, 1.807) is 27.7 Å². The molecule has 18 heteroatoms. The molecule has 0 aromatic carbocycles. The molecule has 0 aromatic rings. The number of unbranched alkanes of at least 4 members (excludes halogenated alkanes) is 1. The Morgan fingerprint density at radius 3 is 0.603 bits per heavy atom. The predicted octanol–water partition coefficient (Wildman–Crippen LogP) is 22.3. The summed E-state index contributed by atoms with van der Waals surface area (Å²) in [7, 11) is 0. The number of halogens is 18. The maximum Gasteiger partial charge on any atom is 0.400 e. The van der Waals surface area contributed by atoms with E-state index < -0.39 is 74.1 Å². The molecule has 0 fully saturated rings. The first kappa shape index (κ1) is 85.1. The first-order valence-corrected chi connectivity index (χ1v) is 22.3. The van der Waals surface area contributed by atoms with Crippen LogP contribution >= 0.6 is 0 Å². The lowest BCUT2D eigenvalue weighted by Gasteiger charge is -2.21. The van der Waals surface area contributed by atoms with Crippen LogP contribution in [0.3, 0.4) is 0 Å². The number of hydrogen-bond acceptors (Lipinski definition) is 0. The minimum Gasteiger partial charge on any atom is -0.171 e. The Morgan fingerprint density at radius 2 is 0.571 bits per heavy atom. The van der Waals surface area contributed by atoms with Gasteiger partial charge in [-0.1, -0.05) is 190 Å². The smallest absolute Gasteiger partial charge is 0.171 e. The van der Waals surface area contributed by atoms with E-state index in [9.17, 15) is 79.0 Å². The van der Waals surface area contributed by atoms with Gasteiger partial charge in [0.1, 0.15) is 0 Å². The molecule has 0 aliphatic rings. The van der Waals surface area contributed by atoms with Crippen molar-refractivity contribution in [1.82, 2.24) is 0 Å². The Kier molecular flexibility index (Phi) is 65.7. The molecule has 3 atom stereocenters. The lowest BCUT2D eigenvalue weighted by Crippen LogP contribution is -2.36. The van der Waals surface area contributed by atoms with Crippen molar-refractivity contribution in [3.05, 3.63) is 0 Å². The molecule has 63 heavy (non-hydrogen) atoms. The topological polar surface area (TPSA) is 0 Å². The molecule has 0 nitrogen and oxygen atoms in total. The van der Waals surface area contributed by atoms with Crippen LogP contribution in [0, 0.1) is 41.4 Å². The molecular formula is C45H92F18. The maximum atomic E-state index is 11.7. The fourth-order valence-corrected chi connectivity index (χ4v) is 2.11. The standard InChI is InChI=1S/C6H8F6.2C6H11F3.C5H9F3.C5H12.C4H7F3.2C4H10.C3H8.C2H6/c1-2-3-4(5(7,8)9)6(10,11)12;2*1-3-5(2)4-6(7,8)9;1-3-4(2)5(6,7)8;1-4-5(2)3;1-3(2)4(5,6)7;1-4(2)3;1-3-4-2;1-3-2;1-2/h4H,2-3H2,1H3;2*5H,3-4H2,1-2H3;4H,3H2,1-2H3;5H,4H2,1-3H3;3H,1-2H3;4H,1-3H3;3-4H2,1-2H3;3H2,1-2H3;1-2H3/t;2*5-;;;;;;;/m.00......./s1. The van der Waals surface area contributed by atoms with Gasteiger partial charge in [0.25, 0.3) is 0 Å². The van der Waals surface area contributed by atoms with Crippen LogP contribution in [0.1, 0.15) is 216 Å². The second kappa shape index (κ2) is 48.7. The van der Waals surface area contributed by atoms with E-state index in [-0.39, 0.29) is 24.7 Å². The van der Waals surface area contributed by atoms with Crippen molar-refractivity contribution in [2.45, 2.75) is 253 Å². The zero-order chi connectivity index (χ0) is 53.8. The van der Waals surface area contributed by atoms with Crippen LogP contribution in [0.4, 0.5) is 79.0 Å². The number of hydrogen-bond donors (Lipinski definition) is 0. The average Bonchev–Trinajstić information content (AvgIpc) is 3.09. The molecule has 1 unspecified atom stereocenters. The normalized spacial score (nSPS) is 12.8. The first-order valence-electron chi connectivity index (χ1n) is 22.3. The van der Waals surface area contributed by atoms with Gasteiger partial charge in [0.05, 0.1) is 5.92 Å². The fraction of sp³-hybridized carbons (Fsp3) is 1.00. The van der Waals surface area contributed by atoms with Crippen LogP contribution < -0.4 is 0 Å². The Bertz CT molecular complexity index is 778. The highest BCUT2D eigenvalue weighted by molar-refractivity contribution is 4.74. The van der Waals surface area contributed by atoms with Gasteiger partial charge in [-0.25, -0.2) is 0 Å². The summed E-state index contributed by atoms with van der Waals surface area (Å²) in [4.78, 5) is 0. The lowest BCUT2D eigenvalue weighted by molar-refractivity contribution is -0.285. The zero-order valence-electron chi connectivity index (χ0n) is 42.6. The third-order valence-corrected chi connectivity index (χ3v) is 7.06. The maximum absolute atomic E-state index is 11.7. The first-order chi connectivity index (χ1) is 27.9. The van der Waals surface area contributed by atoms with Gasteiger partial charge in [0.2, 0.25) is 0 Å². The second-order valence-electron chi connectivity index (χ2n) is 15.9. The van der Waals surface area contributed by atoms with Gasteiger partial charge in [-0.2, -0.15) is 79.0 Å². The Hall–Kier alpha value is -1.26. The summed E-state index contributed by atoms with van der Waals surface area (Å²) in [6.07, 6.45) is -22.1. The molecule has 0 spiro atoms. The third kappa shape index (κ3) is 105. The van der Waals surface area contributed by atoms with Crippen LogP contribution in [-0.2, 0) is 0 Å².